The molecule has 74 valence electrons. The molecule has 0 amide bonds. The van der Waals surface area contributed by atoms with E-state index in [1.165, 1.54) is 12.1 Å². The molecule has 0 atom stereocenters. The molecule has 0 nitrogen and oxygen atoms in total. The summed E-state index contributed by atoms with van der Waals surface area (Å²) in [6.45, 7) is 5.68. The Morgan fingerprint density at radius 3 is 2.71 bits per heavy atom. The second kappa shape index (κ2) is 4.70. The largest absolute Gasteiger partial charge is 0.207 e. The third-order valence-electron chi connectivity index (χ3n) is 1.83. The van der Waals surface area contributed by atoms with Gasteiger partial charge in [0.25, 0.3) is 0 Å². The van der Waals surface area contributed by atoms with E-state index in [-0.39, 0.29) is 0 Å². The lowest BCUT2D eigenvalue weighted by atomic mass is 10.1. The van der Waals surface area contributed by atoms with Crippen molar-refractivity contribution in [2.75, 3.05) is 0 Å². The van der Waals surface area contributed by atoms with Crippen LogP contribution in [0.25, 0.3) is 5.57 Å². The van der Waals surface area contributed by atoms with Gasteiger partial charge < -0.3 is 0 Å². The molecule has 0 spiro atoms. The summed E-state index contributed by atoms with van der Waals surface area (Å²) in [5.41, 5.74) is 0.903. The van der Waals surface area contributed by atoms with Gasteiger partial charge in [-0.2, -0.15) is 0 Å². The maximum Gasteiger partial charge on any atom is 0.133 e. The molecule has 0 aromatic heterocycles. The summed E-state index contributed by atoms with van der Waals surface area (Å²) in [4.78, 5) is 0. The maximum absolute atomic E-state index is 13.2. The van der Waals surface area contributed by atoms with Crippen molar-refractivity contribution in [2.24, 2.45) is 0 Å². The van der Waals surface area contributed by atoms with E-state index in [0.29, 0.717) is 11.1 Å². The molecule has 0 aliphatic rings. The van der Waals surface area contributed by atoms with Crippen LogP contribution in [0.3, 0.4) is 0 Å². The molecule has 0 heterocycles. The zero-order valence-electron chi connectivity index (χ0n) is 8.06. The Hall–Kier alpha value is -1.44. The molecule has 0 aliphatic carbocycles. The zero-order chi connectivity index (χ0) is 10.6. The summed E-state index contributed by atoms with van der Waals surface area (Å²) in [6, 6.07) is 3.48. The van der Waals surface area contributed by atoms with Gasteiger partial charge in [-0.15, -0.1) is 0 Å². The predicted molar refractivity (Wildman–Crippen MR) is 54.8 cm³/mol. The highest BCUT2D eigenvalue weighted by atomic mass is 19.1. The van der Waals surface area contributed by atoms with Crippen LogP contribution >= 0.6 is 0 Å². The number of benzene rings is 1. The first-order valence-electron chi connectivity index (χ1n) is 4.46. The minimum atomic E-state index is -0.573. The van der Waals surface area contributed by atoms with E-state index in [2.05, 4.69) is 6.58 Å². The molecule has 0 fully saturated rings. The second-order valence-electron chi connectivity index (χ2n) is 2.96. The number of rotatable bonds is 3. The van der Waals surface area contributed by atoms with Crippen LogP contribution in [0.2, 0.25) is 0 Å². The lowest BCUT2D eigenvalue weighted by molar-refractivity contribution is 0.581. The average molecular weight is 194 g/mol. The Balaban J connectivity index is 2.96. The van der Waals surface area contributed by atoms with Crippen molar-refractivity contribution < 1.29 is 8.78 Å². The van der Waals surface area contributed by atoms with Crippen LogP contribution < -0.4 is 0 Å². The fraction of sp³-hybridized carbons (Fsp3) is 0.167. The van der Waals surface area contributed by atoms with E-state index in [4.69, 9.17) is 0 Å². The van der Waals surface area contributed by atoms with E-state index in [0.717, 1.165) is 12.5 Å². The SMILES string of the molecule is C=C(/C=C\CC)c1ccc(F)cc1F. The molecule has 0 N–H and O–H groups in total. The summed E-state index contributed by atoms with van der Waals surface area (Å²) in [5.74, 6) is -1.14. The topological polar surface area (TPSA) is 0 Å². The average Bonchev–Trinajstić information content (AvgIpc) is 2.14. The highest BCUT2D eigenvalue weighted by Crippen LogP contribution is 2.18. The minimum absolute atomic E-state index is 0.344. The predicted octanol–water partition coefficient (Wildman–Crippen LogP) is 3.94. The third kappa shape index (κ3) is 2.52. The van der Waals surface area contributed by atoms with E-state index < -0.39 is 11.6 Å². The normalized spacial score (nSPS) is 10.8. The van der Waals surface area contributed by atoms with Crippen LogP contribution in [-0.4, -0.2) is 0 Å². The molecule has 1 aromatic carbocycles. The Morgan fingerprint density at radius 2 is 2.14 bits per heavy atom. The molecule has 2 heteroatoms. The first kappa shape index (κ1) is 10.6. The van der Waals surface area contributed by atoms with Gasteiger partial charge in [0.05, 0.1) is 0 Å². The third-order valence-corrected chi connectivity index (χ3v) is 1.83. The van der Waals surface area contributed by atoms with E-state index >= 15 is 0 Å². The van der Waals surface area contributed by atoms with Crippen molar-refractivity contribution in [2.45, 2.75) is 13.3 Å². The first-order valence-corrected chi connectivity index (χ1v) is 4.46. The lowest BCUT2D eigenvalue weighted by Gasteiger charge is -2.02. The van der Waals surface area contributed by atoms with Gasteiger partial charge >= 0.3 is 0 Å². The molecule has 0 saturated heterocycles. The molecule has 0 unspecified atom stereocenters. The molecule has 0 bridgehead atoms. The van der Waals surface area contributed by atoms with Crippen LogP contribution in [0.15, 0.2) is 36.9 Å². The van der Waals surface area contributed by atoms with Crippen molar-refractivity contribution >= 4 is 5.57 Å². The summed E-state index contributed by atoms with van der Waals surface area (Å²) in [6.07, 6.45) is 4.48. The molecule has 1 rings (SSSR count). The lowest BCUT2D eigenvalue weighted by Crippen LogP contribution is -1.88. The van der Waals surface area contributed by atoms with Crippen molar-refractivity contribution in [1.82, 2.24) is 0 Å². The van der Waals surface area contributed by atoms with Gasteiger partial charge in [0, 0.05) is 11.6 Å². The van der Waals surface area contributed by atoms with Gasteiger partial charge in [-0.05, 0) is 24.1 Å². The summed E-state index contributed by atoms with van der Waals surface area (Å²) >= 11 is 0. The number of halogens is 2. The van der Waals surface area contributed by atoms with Crippen molar-refractivity contribution in [1.29, 1.82) is 0 Å². The summed E-state index contributed by atoms with van der Waals surface area (Å²) in [7, 11) is 0. The van der Waals surface area contributed by atoms with E-state index in [9.17, 15) is 8.78 Å². The van der Waals surface area contributed by atoms with Gasteiger partial charge in [0.1, 0.15) is 11.6 Å². The molecular weight excluding hydrogens is 182 g/mol. The Bertz CT molecular complexity index is 365. The second-order valence-corrected chi connectivity index (χ2v) is 2.96. The number of allylic oxidation sites excluding steroid dienone is 3. The molecule has 14 heavy (non-hydrogen) atoms. The molecule has 0 saturated carbocycles. The Labute approximate surface area is 82.6 Å². The van der Waals surface area contributed by atoms with Crippen LogP contribution in [-0.2, 0) is 0 Å². The zero-order valence-corrected chi connectivity index (χ0v) is 8.06. The van der Waals surface area contributed by atoms with E-state index in [1.807, 2.05) is 13.0 Å². The number of hydrogen-bond acceptors (Lipinski definition) is 0. The van der Waals surface area contributed by atoms with Crippen molar-refractivity contribution in [3.05, 3.63) is 54.1 Å². The standard InChI is InChI=1S/C12H12F2/c1-3-4-5-9(2)11-7-6-10(13)8-12(11)14/h4-8H,2-3H2,1H3/b5-4-. The van der Waals surface area contributed by atoms with E-state index in [1.54, 1.807) is 6.08 Å². The Kier molecular flexibility index (Phi) is 3.57. The van der Waals surface area contributed by atoms with Gasteiger partial charge in [0.2, 0.25) is 0 Å². The quantitative estimate of drug-likeness (QED) is 0.639. The van der Waals surface area contributed by atoms with Gasteiger partial charge in [0.15, 0.2) is 0 Å². The maximum atomic E-state index is 13.2. The van der Waals surface area contributed by atoms with Crippen molar-refractivity contribution in [3.63, 3.8) is 0 Å². The Morgan fingerprint density at radius 1 is 1.43 bits per heavy atom. The summed E-state index contributed by atoms with van der Waals surface area (Å²) < 4.78 is 25.8. The smallest absolute Gasteiger partial charge is 0.133 e. The van der Waals surface area contributed by atoms with Crippen LogP contribution in [0.1, 0.15) is 18.9 Å². The molecular formula is C12H12F2. The van der Waals surface area contributed by atoms with Gasteiger partial charge in [-0.3, -0.25) is 0 Å². The van der Waals surface area contributed by atoms with Crippen LogP contribution in [0, 0.1) is 11.6 Å². The fourth-order valence-electron chi connectivity index (χ4n) is 1.10. The molecule has 0 aliphatic heterocycles. The van der Waals surface area contributed by atoms with Gasteiger partial charge in [-0.25, -0.2) is 8.78 Å². The van der Waals surface area contributed by atoms with Crippen LogP contribution in [0.4, 0.5) is 8.78 Å². The highest BCUT2D eigenvalue weighted by Gasteiger charge is 2.04. The summed E-state index contributed by atoms with van der Waals surface area (Å²) in [5, 5.41) is 0. The minimum Gasteiger partial charge on any atom is -0.207 e. The monoisotopic (exact) mass is 194 g/mol. The highest BCUT2D eigenvalue weighted by molar-refractivity contribution is 5.72. The molecule has 0 radical (unpaired) electrons. The van der Waals surface area contributed by atoms with Crippen LogP contribution in [0.5, 0.6) is 0 Å². The fourth-order valence-corrected chi connectivity index (χ4v) is 1.10. The van der Waals surface area contributed by atoms with Crippen molar-refractivity contribution in [3.8, 4) is 0 Å². The van der Waals surface area contributed by atoms with Gasteiger partial charge in [-0.1, -0.05) is 25.7 Å². The first-order chi connectivity index (χ1) is 6.65. The number of hydrogen-bond donors (Lipinski definition) is 0. The molecule has 1 aromatic rings.